The van der Waals surface area contributed by atoms with E-state index in [1.165, 1.54) is 0 Å². The Hall–Kier alpha value is -1.54. The normalized spacial score (nSPS) is 11.9. The van der Waals surface area contributed by atoms with Crippen molar-refractivity contribution in [1.29, 1.82) is 0 Å². The number of carboxylic acids is 1. The molecule has 1 amide bonds. The molecule has 5 nitrogen and oxygen atoms in total. The molecule has 0 aliphatic heterocycles. The molecule has 0 rings (SSSR count). The number of hydrogen-bond acceptors (Lipinski definition) is 3. The van der Waals surface area contributed by atoms with E-state index in [1.807, 2.05) is 13.8 Å². The molecule has 5 heteroatoms. The second-order valence-corrected chi connectivity index (χ2v) is 4.14. The van der Waals surface area contributed by atoms with Gasteiger partial charge in [0.25, 0.3) is 0 Å². The first kappa shape index (κ1) is 15.5. The van der Waals surface area contributed by atoms with Crippen molar-refractivity contribution in [3.63, 3.8) is 0 Å². The molecule has 0 aromatic heterocycles. The van der Waals surface area contributed by atoms with Crippen LogP contribution in [0.25, 0.3) is 0 Å². The Bertz CT molecular complexity index is 307. The molecule has 0 aromatic carbocycles. The van der Waals surface area contributed by atoms with E-state index < -0.39 is 12.0 Å². The van der Waals surface area contributed by atoms with Crippen LogP contribution in [0.5, 0.6) is 0 Å². The van der Waals surface area contributed by atoms with Crippen LogP contribution in [0.4, 0.5) is 0 Å². The van der Waals surface area contributed by atoms with Crippen molar-refractivity contribution in [2.45, 2.75) is 45.2 Å². The average molecular weight is 240 g/mol. The largest absolute Gasteiger partial charge is 0.481 e. The summed E-state index contributed by atoms with van der Waals surface area (Å²) in [6.07, 6.45) is 5.76. The number of terminal acetylenes is 1. The van der Waals surface area contributed by atoms with Crippen molar-refractivity contribution >= 4 is 11.9 Å². The van der Waals surface area contributed by atoms with Gasteiger partial charge in [-0.25, -0.2) is 0 Å². The van der Waals surface area contributed by atoms with Crippen LogP contribution in [0.3, 0.4) is 0 Å². The van der Waals surface area contributed by atoms with E-state index in [1.54, 1.807) is 4.90 Å². The smallest absolute Gasteiger partial charge is 0.303 e. The summed E-state index contributed by atoms with van der Waals surface area (Å²) >= 11 is 0. The number of nitrogens with two attached hydrogens (primary N) is 1. The minimum atomic E-state index is -0.867. The molecule has 1 atom stereocenters. The zero-order valence-corrected chi connectivity index (χ0v) is 10.3. The van der Waals surface area contributed by atoms with Crippen LogP contribution < -0.4 is 5.73 Å². The van der Waals surface area contributed by atoms with Gasteiger partial charge < -0.3 is 15.7 Å². The monoisotopic (exact) mass is 240 g/mol. The van der Waals surface area contributed by atoms with Crippen molar-refractivity contribution in [3.05, 3.63) is 0 Å². The Morgan fingerprint density at radius 2 is 2.06 bits per heavy atom. The van der Waals surface area contributed by atoms with E-state index in [9.17, 15) is 9.59 Å². The van der Waals surface area contributed by atoms with Gasteiger partial charge in [-0.05, 0) is 20.3 Å². The lowest BCUT2D eigenvalue weighted by Crippen LogP contribution is -2.47. The van der Waals surface area contributed by atoms with Gasteiger partial charge in [-0.2, -0.15) is 0 Å². The van der Waals surface area contributed by atoms with Crippen molar-refractivity contribution in [2.75, 3.05) is 6.54 Å². The number of carbonyl (C=O) groups excluding carboxylic acids is 1. The van der Waals surface area contributed by atoms with Crippen LogP contribution in [0.2, 0.25) is 0 Å². The first-order chi connectivity index (χ1) is 7.90. The molecule has 3 N–H and O–H groups in total. The Balaban J connectivity index is 4.37. The van der Waals surface area contributed by atoms with Gasteiger partial charge in [-0.3, -0.25) is 9.59 Å². The van der Waals surface area contributed by atoms with Crippen LogP contribution in [0, 0.1) is 12.3 Å². The van der Waals surface area contributed by atoms with E-state index >= 15 is 0 Å². The molecule has 17 heavy (non-hydrogen) atoms. The summed E-state index contributed by atoms with van der Waals surface area (Å²) in [5.41, 5.74) is 5.65. The van der Waals surface area contributed by atoms with Gasteiger partial charge in [-0.1, -0.05) is 0 Å². The number of hydrogen-bond donors (Lipinski definition) is 2. The van der Waals surface area contributed by atoms with E-state index in [-0.39, 0.29) is 24.8 Å². The molecule has 0 saturated carbocycles. The summed E-state index contributed by atoms with van der Waals surface area (Å²) in [6, 6.07) is -0.715. The molecular weight excluding hydrogens is 220 g/mol. The third kappa shape index (κ3) is 5.93. The Kier molecular flexibility index (Phi) is 6.99. The quantitative estimate of drug-likeness (QED) is 0.632. The molecule has 0 spiro atoms. The molecule has 0 heterocycles. The molecule has 0 bridgehead atoms. The molecule has 0 aromatic rings. The first-order valence-corrected chi connectivity index (χ1v) is 5.61. The van der Waals surface area contributed by atoms with Crippen LogP contribution in [0.15, 0.2) is 0 Å². The minimum absolute atomic E-state index is 0.0138. The topological polar surface area (TPSA) is 83.6 Å². The predicted molar refractivity (Wildman–Crippen MR) is 65.1 cm³/mol. The molecule has 1 unspecified atom stereocenters. The minimum Gasteiger partial charge on any atom is -0.481 e. The van der Waals surface area contributed by atoms with E-state index in [4.69, 9.17) is 17.3 Å². The van der Waals surface area contributed by atoms with Gasteiger partial charge in [-0.15, -0.1) is 12.3 Å². The average Bonchev–Trinajstić information content (AvgIpc) is 2.23. The lowest BCUT2D eigenvalue weighted by Gasteiger charge is -2.28. The molecular formula is C12H20N2O3. The maximum atomic E-state index is 11.9. The standard InChI is InChI=1S/C12H20N2O3/c1-4-6-10(13)12(17)14(9(2)3)8-5-7-11(15)16/h1,9-10H,5-8,13H2,2-3H3,(H,15,16). The van der Waals surface area contributed by atoms with Gasteiger partial charge in [0.05, 0.1) is 6.04 Å². The Morgan fingerprint density at radius 1 is 1.47 bits per heavy atom. The van der Waals surface area contributed by atoms with E-state index in [0.717, 1.165) is 0 Å². The number of nitrogens with zero attached hydrogens (tertiary/aromatic N) is 1. The van der Waals surface area contributed by atoms with Crippen molar-refractivity contribution < 1.29 is 14.7 Å². The van der Waals surface area contributed by atoms with E-state index in [0.29, 0.717) is 13.0 Å². The molecule has 0 aliphatic carbocycles. The van der Waals surface area contributed by atoms with Gasteiger partial charge in [0.2, 0.25) is 5.91 Å². The first-order valence-electron chi connectivity index (χ1n) is 5.61. The number of carbonyl (C=O) groups is 2. The Morgan fingerprint density at radius 3 is 2.47 bits per heavy atom. The highest BCUT2D eigenvalue weighted by molar-refractivity contribution is 5.82. The molecule has 0 aliphatic rings. The second kappa shape index (κ2) is 7.69. The zero-order valence-electron chi connectivity index (χ0n) is 10.3. The van der Waals surface area contributed by atoms with E-state index in [2.05, 4.69) is 5.92 Å². The molecule has 96 valence electrons. The van der Waals surface area contributed by atoms with Gasteiger partial charge in [0, 0.05) is 25.4 Å². The second-order valence-electron chi connectivity index (χ2n) is 4.14. The number of carboxylic acid groups (broad SMARTS) is 1. The third-order valence-electron chi connectivity index (χ3n) is 2.35. The molecule has 0 radical (unpaired) electrons. The molecule has 0 fully saturated rings. The highest BCUT2D eigenvalue weighted by Gasteiger charge is 2.22. The van der Waals surface area contributed by atoms with Gasteiger partial charge in [0.1, 0.15) is 0 Å². The fraction of sp³-hybridized carbons (Fsp3) is 0.667. The zero-order chi connectivity index (χ0) is 13.4. The maximum Gasteiger partial charge on any atom is 0.303 e. The summed E-state index contributed by atoms with van der Waals surface area (Å²) < 4.78 is 0. The maximum absolute atomic E-state index is 11.9. The van der Waals surface area contributed by atoms with Crippen LogP contribution in [-0.2, 0) is 9.59 Å². The summed E-state index contributed by atoms with van der Waals surface area (Å²) in [7, 11) is 0. The summed E-state index contributed by atoms with van der Waals surface area (Å²) in [4.78, 5) is 23.9. The predicted octanol–water partition coefficient (Wildman–Crippen LogP) is 0.439. The lowest BCUT2D eigenvalue weighted by molar-refractivity contribution is -0.139. The van der Waals surface area contributed by atoms with Crippen molar-refractivity contribution in [2.24, 2.45) is 5.73 Å². The van der Waals surface area contributed by atoms with Crippen LogP contribution in [-0.4, -0.2) is 40.5 Å². The van der Waals surface area contributed by atoms with Crippen LogP contribution >= 0.6 is 0 Å². The van der Waals surface area contributed by atoms with Crippen molar-refractivity contribution in [3.8, 4) is 12.3 Å². The number of rotatable bonds is 7. The number of aliphatic carboxylic acids is 1. The highest BCUT2D eigenvalue weighted by atomic mass is 16.4. The highest BCUT2D eigenvalue weighted by Crippen LogP contribution is 2.05. The number of amides is 1. The SMILES string of the molecule is C#CCC(N)C(=O)N(CCCC(=O)O)C(C)C. The van der Waals surface area contributed by atoms with Gasteiger partial charge in [0.15, 0.2) is 0 Å². The van der Waals surface area contributed by atoms with Gasteiger partial charge >= 0.3 is 5.97 Å². The molecule has 0 saturated heterocycles. The summed E-state index contributed by atoms with van der Waals surface area (Å²) in [5.74, 6) is 1.26. The lowest BCUT2D eigenvalue weighted by atomic mass is 10.1. The van der Waals surface area contributed by atoms with Crippen molar-refractivity contribution in [1.82, 2.24) is 4.90 Å². The van der Waals surface area contributed by atoms with Crippen LogP contribution in [0.1, 0.15) is 33.1 Å². The third-order valence-corrected chi connectivity index (χ3v) is 2.35. The summed E-state index contributed by atoms with van der Waals surface area (Å²) in [5, 5.41) is 8.54. The summed E-state index contributed by atoms with van der Waals surface area (Å²) in [6.45, 7) is 4.11. The fourth-order valence-corrected chi connectivity index (χ4v) is 1.45. The fourth-order valence-electron chi connectivity index (χ4n) is 1.45. The Labute approximate surface area is 102 Å².